The van der Waals surface area contributed by atoms with Gasteiger partial charge in [-0.25, -0.2) is 4.40 Å². The quantitative estimate of drug-likeness (QED) is 0.673. The summed E-state index contributed by atoms with van der Waals surface area (Å²) in [5.74, 6) is 0. The fraction of sp³-hybridized carbons (Fsp3) is 0.300. The Morgan fingerprint density at radius 2 is 1.93 bits per heavy atom. The second-order valence-electron chi connectivity index (χ2n) is 2.99. The Balaban J connectivity index is 3.31. The smallest absolute Gasteiger partial charge is 0.0934 e. The third kappa shape index (κ3) is 2.41. The molecule has 1 aliphatic rings. The van der Waals surface area contributed by atoms with Crippen molar-refractivity contribution >= 4 is 50.4 Å². The largest absolute Gasteiger partial charge is 0.218 e. The van der Waals surface area contributed by atoms with E-state index in [1.54, 1.807) is 0 Å². The number of hydrogen-bond acceptors (Lipinski definition) is 2. The van der Waals surface area contributed by atoms with Crippen LogP contribution in [0.3, 0.4) is 0 Å². The topological polar surface area (TPSA) is 12.4 Å². The Labute approximate surface area is 107 Å². The first-order chi connectivity index (χ1) is 6.61. The van der Waals surface area contributed by atoms with Gasteiger partial charge in [-0.05, 0) is 54.2 Å². The zero-order valence-electron chi connectivity index (χ0n) is 8.01. The molecule has 1 aliphatic carbocycles. The van der Waals surface area contributed by atoms with Crippen molar-refractivity contribution in [3.63, 3.8) is 0 Å². The molecule has 0 saturated heterocycles. The summed E-state index contributed by atoms with van der Waals surface area (Å²) in [6, 6.07) is 0. The maximum Gasteiger partial charge on any atom is 0.0934 e. The van der Waals surface area contributed by atoms with Gasteiger partial charge < -0.3 is 0 Å². The van der Waals surface area contributed by atoms with Crippen LogP contribution in [0.1, 0.15) is 20.3 Å². The highest BCUT2D eigenvalue weighted by molar-refractivity contribution is 9.12. The summed E-state index contributed by atoms with van der Waals surface area (Å²) in [5, 5.41) is 0. The number of hydrogen-bond donors (Lipinski definition) is 1. The second kappa shape index (κ2) is 5.33. The van der Waals surface area contributed by atoms with Crippen molar-refractivity contribution in [2.45, 2.75) is 20.3 Å². The number of thiol groups is 1. The highest BCUT2D eigenvalue weighted by Gasteiger charge is 2.18. The van der Waals surface area contributed by atoms with Crippen molar-refractivity contribution in [1.29, 1.82) is 0 Å². The molecule has 0 aromatic rings. The predicted molar refractivity (Wildman–Crippen MR) is 73.4 cm³/mol. The van der Waals surface area contributed by atoms with E-state index >= 15 is 0 Å². The molecule has 0 bridgehead atoms. The van der Waals surface area contributed by atoms with Gasteiger partial charge in [-0.3, -0.25) is 0 Å². The van der Waals surface area contributed by atoms with E-state index < -0.39 is 0 Å². The Morgan fingerprint density at radius 1 is 1.36 bits per heavy atom. The lowest BCUT2D eigenvalue weighted by Gasteiger charge is -2.16. The van der Waals surface area contributed by atoms with Gasteiger partial charge in [0.05, 0.1) is 5.71 Å². The van der Waals surface area contributed by atoms with Crippen molar-refractivity contribution in [2.75, 3.05) is 0 Å². The van der Waals surface area contributed by atoms with Crippen molar-refractivity contribution in [3.8, 4) is 0 Å². The lowest BCUT2D eigenvalue weighted by Crippen LogP contribution is -2.08. The monoisotopic (exact) mass is 335 g/mol. The number of halogens is 2. The van der Waals surface area contributed by atoms with Crippen LogP contribution in [0.25, 0.3) is 0 Å². The van der Waals surface area contributed by atoms with Gasteiger partial charge in [-0.15, -0.1) is 0 Å². The standard InChI is InChI=1S/C10H11Br2NS/c1-3-6(2)9-7(11)4-5-8(12)10(9)13-14/h4-5,14H,3H2,1-2H3/b9-6+,13-10-. The molecule has 0 aliphatic heterocycles. The van der Waals surface area contributed by atoms with Gasteiger partial charge in [0.1, 0.15) is 0 Å². The van der Waals surface area contributed by atoms with Gasteiger partial charge in [0.25, 0.3) is 0 Å². The molecule has 0 heterocycles. The van der Waals surface area contributed by atoms with Gasteiger partial charge in [0.15, 0.2) is 0 Å². The third-order valence-corrected chi connectivity index (χ3v) is 3.64. The molecule has 0 N–H and O–H groups in total. The minimum atomic E-state index is 0.891. The fourth-order valence-electron chi connectivity index (χ4n) is 1.22. The van der Waals surface area contributed by atoms with Crippen LogP contribution in [-0.2, 0) is 0 Å². The molecule has 14 heavy (non-hydrogen) atoms. The molecular weight excluding hydrogens is 326 g/mol. The first-order valence-electron chi connectivity index (χ1n) is 4.27. The van der Waals surface area contributed by atoms with E-state index in [0.29, 0.717) is 0 Å². The maximum atomic E-state index is 4.00. The fourth-order valence-corrected chi connectivity index (χ4v) is 2.64. The molecule has 0 saturated carbocycles. The van der Waals surface area contributed by atoms with Gasteiger partial charge in [0.2, 0.25) is 0 Å². The van der Waals surface area contributed by atoms with E-state index in [1.165, 1.54) is 5.57 Å². The van der Waals surface area contributed by atoms with Crippen molar-refractivity contribution in [3.05, 3.63) is 32.3 Å². The zero-order valence-corrected chi connectivity index (χ0v) is 12.1. The van der Waals surface area contributed by atoms with Gasteiger partial charge in [0, 0.05) is 14.5 Å². The molecule has 1 nitrogen and oxygen atoms in total. The molecule has 0 aromatic heterocycles. The molecule has 1 rings (SSSR count). The Morgan fingerprint density at radius 3 is 2.43 bits per heavy atom. The van der Waals surface area contributed by atoms with Crippen LogP contribution in [0.5, 0.6) is 0 Å². The zero-order chi connectivity index (χ0) is 10.7. The van der Waals surface area contributed by atoms with Crippen molar-refractivity contribution in [1.82, 2.24) is 0 Å². The van der Waals surface area contributed by atoms with E-state index in [0.717, 1.165) is 26.7 Å². The summed E-state index contributed by atoms with van der Waals surface area (Å²) in [7, 11) is 0. The lowest BCUT2D eigenvalue weighted by atomic mass is 9.99. The molecule has 0 aromatic carbocycles. The molecule has 0 radical (unpaired) electrons. The molecule has 0 amide bonds. The Hall–Kier alpha value is 0.200. The van der Waals surface area contributed by atoms with Gasteiger partial charge in [-0.1, -0.05) is 28.4 Å². The van der Waals surface area contributed by atoms with Crippen LogP contribution < -0.4 is 0 Å². The molecule has 0 unspecified atom stereocenters. The van der Waals surface area contributed by atoms with Crippen LogP contribution >= 0.6 is 44.7 Å². The molecule has 0 atom stereocenters. The average molecular weight is 337 g/mol. The van der Waals surface area contributed by atoms with Crippen LogP contribution in [0, 0.1) is 0 Å². The van der Waals surface area contributed by atoms with Gasteiger partial charge in [-0.2, -0.15) is 0 Å². The van der Waals surface area contributed by atoms with Crippen LogP contribution in [0.15, 0.2) is 36.7 Å². The van der Waals surface area contributed by atoms with Crippen LogP contribution in [-0.4, -0.2) is 5.71 Å². The highest BCUT2D eigenvalue weighted by Crippen LogP contribution is 2.32. The summed E-state index contributed by atoms with van der Waals surface area (Å²) >= 11 is 11.0. The number of rotatable bonds is 1. The van der Waals surface area contributed by atoms with E-state index in [1.807, 2.05) is 12.2 Å². The second-order valence-corrected chi connectivity index (χ2v) is 4.90. The lowest BCUT2D eigenvalue weighted by molar-refractivity contribution is 1.09. The average Bonchev–Trinajstić information content (AvgIpc) is 2.19. The highest BCUT2D eigenvalue weighted by atomic mass is 79.9. The number of allylic oxidation sites excluding steroid dienone is 6. The summed E-state index contributed by atoms with van der Waals surface area (Å²) in [4.78, 5) is 0. The Bertz CT molecular complexity index is 364. The van der Waals surface area contributed by atoms with E-state index in [4.69, 9.17) is 0 Å². The number of nitrogens with zero attached hydrogens (tertiary/aromatic N) is 1. The maximum absolute atomic E-state index is 4.00. The summed E-state index contributed by atoms with van der Waals surface area (Å²) in [6.07, 6.45) is 4.98. The molecular formula is C10H11Br2NS. The van der Waals surface area contributed by atoms with Crippen LogP contribution in [0.4, 0.5) is 0 Å². The van der Waals surface area contributed by atoms with E-state index in [-0.39, 0.29) is 0 Å². The van der Waals surface area contributed by atoms with Crippen LogP contribution in [0.2, 0.25) is 0 Å². The normalized spacial score (nSPS) is 23.4. The molecule has 0 spiro atoms. The molecule has 0 fully saturated rings. The Kier molecular flexibility index (Phi) is 4.67. The third-order valence-electron chi connectivity index (χ3n) is 2.13. The summed E-state index contributed by atoms with van der Waals surface area (Å²) < 4.78 is 6.03. The minimum Gasteiger partial charge on any atom is -0.218 e. The van der Waals surface area contributed by atoms with Crippen molar-refractivity contribution < 1.29 is 0 Å². The minimum absolute atomic E-state index is 0.891. The summed E-state index contributed by atoms with van der Waals surface area (Å²) in [5.41, 5.74) is 3.32. The van der Waals surface area contributed by atoms with E-state index in [2.05, 4.69) is 62.9 Å². The summed E-state index contributed by atoms with van der Waals surface area (Å²) in [6.45, 7) is 4.24. The SMILES string of the molecule is CC/C(C)=C1\C(Br)=CC=C(Br)\C1=N\S. The van der Waals surface area contributed by atoms with E-state index in [9.17, 15) is 0 Å². The molecule has 4 heteroatoms. The first kappa shape index (κ1) is 12.3. The molecule has 76 valence electrons. The first-order valence-corrected chi connectivity index (χ1v) is 6.26. The predicted octanol–water partition coefficient (Wildman–Crippen LogP) is 4.57. The van der Waals surface area contributed by atoms with Gasteiger partial charge >= 0.3 is 0 Å². The van der Waals surface area contributed by atoms with Crippen molar-refractivity contribution in [2.24, 2.45) is 4.40 Å².